The molecule has 1 nitrogen and oxygen atoms in total. The lowest BCUT2D eigenvalue weighted by Gasteiger charge is -2.36. The van der Waals surface area contributed by atoms with Crippen LogP contribution in [0.5, 0.6) is 0 Å². The number of halogens is 4. The van der Waals surface area contributed by atoms with E-state index in [1.165, 1.54) is 0 Å². The Morgan fingerprint density at radius 1 is 1.12 bits per heavy atom. The van der Waals surface area contributed by atoms with Crippen molar-refractivity contribution in [2.24, 2.45) is 5.41 Å². The van der Waals surface area contributed by atoms with Crippen molar-refractivity contribution >= 4 is 15.9 Å². The summed E-state index contributed by atoms with van der Waals surface area (Å²) < 4.78 is 37.6. The van der Waals surface area contributed by atoms with Crippen molar-refractivity contribution < 1.29 is 13.2 Å². The molecule has 0 heterocycles. The van der Waals surface area contributed by atoms with Crippen LogP contribution in [0.1, 0.15) is 39.5 Å². The van der Waals surface area contributed by atoms with E-state index in [9.17, 15) is 13.2 Å². The average Bonchev–Trinajstić information content (AvgIpc) is 3.06. The van der Waals surface area contributed by atoms with Crippen molar-refractivity contribution in [2.75, 3.05) is 18.4 Å². The average molecular weight is 316 g/mol. The number of nitrogens with zero attached hydrogens (tertiary/aromatic N) is 1. The van der Waals surface area contributed by atoms with E-state index in [1.54, 1.807) is 4.90 Å². The molecule has 1 rings (SSSR count). The molecule has 0 aromatic carbocycles. The second-order valence-corrected chi connectivity index (χ2v) is 5.65. The van der Waals surface area contributed by atoms with Gasteiger partial charge in [0.25, 0.3) is 0 Å². The fraction of sp³-hybridized carbons (Fsp3) is 1.00. The zero-order valence-electron chi connectivity index (χ0n) is 10.5. The van der Waals surface area contributed by atoms with Crippen molar-refractivity contribution in [2.45, 2.75) is 51.7 Å². The van der Waals surface area contributed by atoms with E-state index in [-0.39, 0.29) is 11.5 Å². The van der Waals surface area contributed by atoms with E-state index in [1.807, 2.05) is 0 Å². The van der Waals surface area contributed by atoms with E-state index >= 15 is 0 Å². The van der Waals surface area contributed by atoms with E-state index in [4.69, 9.17) is 0 Å². The molecule has 0 N–H and O–H groups in total. The van der Waals surface area contributed by atoms with Gasteiger partial charge in [-0.3, -0.25) is 4.90 Å². The largest absolute Gasteiger partial charge is 0.401 e. The molecule has 0 aromatic heterocycles. The Morgan fingerprint density at radius 2 is 1.65 bits per heavy atom. The van der Waals surface area contributed by atoms with Crippen LogP contribution >= 0.6 is 15.9 Å². The topological polar surface area (TPSA) is 3.24 Å². The van der Waals surface area contributed by atoms with Crippen LogP contribution in [-0.2, 0) is 0 Å². The minimum atomic E-state index is -4.08. The summed E-state index contributed by atoms with van der Waals surface area (Å²) in [4.78, 5) is 1.63. The van der Waals surface area contributed by atoms with Crippen molar-refractivity contribution in [1.29, 1.82) is 0 Å². The normalized spacial score (nSPS) is 17.8. The van der Waals surface area contributed by atoms with Crippen molar-refractivity contribution in [3.63, 3.8) is 0 Å². The van der Waals surface area contributed by atoms with Gasteiger partial charge in [-0.05, 0) is 31.1 Å². The maximum atomic E-state index is 12.5. The number of hydrogen-bond acceptors (Lipinski definition) is 1. The summed E-state index contributed by atoms with van der Waals surface area (Å²) in [6.45, 7) is 3.91. The van der Waals surface area contributed by atoms with Gasteiger partial charge in [-0.15, -0.1) is 0 Å². The molecule has 0 saturated heterocycles. The van der Waals surface area contributed by atoms with Crippen LogP contribution in [0, 0.1) is 5.41 Å². The molecule has 1 aliphatic rings. The highest BCUT2D eigenvalue weighted by Crippen LogP contribution is 2.36. The van der Waals surface area contributed by atoms with Gasteiger partial charge in [-0.25, -0.2) is 0 Å². The first-order valence-corrected chi connectivity index (χ1v) is 7.34. The van der Waals surface area contributed by atoms with Gasteiger partial charge in [0.2, 0.25) is 0 Å². The molecule has 102 valence electrons. The maximum Gasteiger partial charge on any atom is 0.401 e. The molecule has 1 fully saturated rings. The highest BCUT2D eigenvalue weighted by molar-refractivity contribution is 9.09. The zero-order valence-corrected chi connectivity index (χ0v) is 12.1. The molecular formula is C12H21BrF3N. The fourth-order valence-electron chi connectivity index (χ4n) is 2.12. The van der Waals surface area contributed by atoms with E-state index < -0.39 is 12.7 Å². The molecule has 1 saturated carbocycles. The lowest BCUT2D eigenvalue weighted by Crippen LogP contribution is -2.44. The molecule has 0 unspecified atom stereocenters. The van der Waals surface area contributed by atoms with Gasteiger partial charge in [0.15, 0.2) is 0 Å². The van der Waals surface area contributed by atoms with Crippen molar-refractivity contribution in [3.8, 4) is 0 Å². The van der Waals surface area contributed by atoms with E-state index in [0.29, 0.717) is 6.54 Å². The van der Waals surface area contributed by atoms with Crippen molar-refractivity contribution in [1.82, 2.24) is 4.90 Å². The van der Waals surface area contributed by atoms with Gasteiger partial charge in [0.1, 0.15) is 0 Å². The first-order chi connectivity index (χ1) is 7.86. The predicted molar refractivity (Wildman–Crippen MR) is 67.5 cm³/mol. The summed E-state index contributed by atoms with van der Waals surface area (Å²) in [7, 11) is 0. The van der Waals surface area contributed by atoms with E-state index in [2.05, 4.69) is 29.8 Å². The Morgan fingerprint density at radius 3 is 1.94 bits per heavy atom. The summed E-state index contributed by atoms with van der Waals surface area (Å²) >= 11 is 3.46. The summed E-state index contributed by atoms with van der Waals surface area (Å²) in [5, 5.41) is 0.772. The van der Waals surface area contributed by atoms with E-state index in [0.717, 1.165) is 31.0 Å². The molecule has 0 radical (unpaired) electrons. The molecule has 0 aliphatic heterocycles. The third-order valence-electron chi connectivity index (χ3n) is 3.77. The lowest BCUT2D eigenvalue weighted by atomic mass is 9.84. The Labute approximate surface area is 110 Å². The highest BCUT2D eigenvalue weighted by Gasteiger charge is 2.41. The number of rotatable bonds is 7. The van der Waals surface area contributed by atoms with Crippen LogP contribution in [-0.4, -0.2) is 35.5 Å². The minimum absolute atomic E-state index is 0.0200. The van der Waals surface area contributed by atoms with Gasteiger partial charge in [0, 0.05) is 17.9 Å². The predicted octanol–water partition coefficient (Wildman–Crippen LogP) is 4.21. The SMILES string of the molecule is CCC(CC)(CBr)CN(CC(F)(F)F)C1CC1. The monoisotopic (exact) mass is 315 g/mol. The van der Waals surface area contributed by atoms with Crippen LogP contribution in [0.3, 0.4) is 0 Å². The first kappa shape index (κ1) is 15.3. The summed E-state index contributed by atoms with van der Waals surface area (Å²) in [5.74, 6) is 0. The second kappa shape index (κ2) is 5.91. The lowest BCUT2D eigenvalue weighted by molar-refractivity contribution is -0.150. The highest BCUT2D eigenvalue weighted by atomic mass is 79.9. The second-order valence-electron chi connectivity index (χ2n) is 5.09. The third kappa shape index (κ3) is 4.78. The molecule has 17 heavy (non-hydrogen) atoms. The number of hydrogen-bond donors (Lipinski definition) is 0. The van der Waals surface area contributed by atoms with Gasteiger partial charge in [0.05, 0.1) is 6.54 Å². The molecule has 0 aromatic rings. The number of alkyl halides is 4. The first-order valence-electron chi connectivity index (χ1n) is 6.22. The molecule has 0 bridgehead atoms. The maximum absolute atomic E-state index is 12.5. The van der Waals surface area contributed by atoms with Crippen LogP contribution in [0.15, 0.2) is 0 Å². The molecule has 0 atom stereocenters. The zero-order chi connectivity index (χ0) is 13.1. The summed E-state index contributed by atoms with van der Waals surface area (Å²) in [5.41, 5.74) is -0.0200. The van der Waals surface area contributed by atoms with Crippen LogP contribution in [0.25, 0.3) is 0 Å². The van der Waals surface area contributed by atoms with Crippen molar-refractivity contribution in [3.05, 3.63) is 0 Å². The summed E-state index contributed by atoms with van der Waals surface area (Å²) in [6, 6.07) is 0.160. The Kier molecular flexibility index (Phi) is 5.32. The molecule has 0 spiro atoms. The van der Waals surface area contributed by atoms with Gasteiger partial charge in [-0.2, -0.15) is 13.2 Å². The van der Waals surface area contributed by atoms with Gasteiger partial charge >= 0.3 is 6.18 Å². The molecule has 0 amide bonds. The molecule has 1 aliphatic carbocycles. The Balaban J connectivity index is 2.65. The minimum Gasteiger partial charge on any atom is -0.291 e. The Bertz CT molecular complexity index is 226. The van der Waals surface area contributed by atoms with Gasteiger partial charge < -0.3 is 0 Å². The third-order valence-corrected chi connectivity index (χ3v) is 4.96. The van der Waals surface area contributed by atoms with Crippen LogP contribution < -0.4 is 0 Å². The van der Waals surface area contributed by atoms with Gasteiger partial charge in [-0.1, -0.05) is 29.8 Å². The standard InChI is InChI=1S/C12H21BrF3N/c1-3-11(4-2,7-13)8-17(10-5-6-10)9-12(14,15)16/h10H,3-9H2,1-2H3. The van der Waals surface area contributed by atoms with Crippen LogP contribution in [0.4, 0.5) is 13.2 Å². The Hall–Kier alpha value is 0.230. The molecule has 5 heteroatoms. The smallest absolute Gasteiger partial charge is 0.291 e. The summed E-state index contributed by atoms with van der Waals surface area (Å²) in [6.07, 6.45) is -0.419. The quantitative estimate of drug-likeness (QED) is 0.636. The molecular weight excluding hydrogens is 295 g/mol. The van der Waals surface area contributed by atoms with Crippen LogP contribution in [0.2, 0.25) is 0 Å². The fourth-order valence-corrected chi connectivity index (χ4v) is 3.09.